The summed E-state index contributed by atoms with van der Waals surface area (Å²) < 4.78 is 0. The Morgan fingerprint density at radius 3 is 3.05 bits per heavy atom. The molecule has 3 aromatic rings. The van der Waals surface area contributed by atoms with E-state index in [9.17, 15) is 4.79 Å². The van der Waals surface area contributed by atoms with Crippen LogP contribution in [0.2, 0.25) is 0 Å². The van der Waals surface area contributed by atoms with Crippen molar-refractivity contribution in [3.05, 3.63) is 54.2 Å². The maximum absolute atomic E-state index is 12.0. The third-order valence-corrected chi connectivity index (χ3v) is 2.75. The number of amides is 1. The summed E-state index contributed by atoms with van der Waals surface area (Å²) in [6.07, 6.45) is 3.13. The van der Waals surface area contributed by atoms with E-state index in [1.807, 2.05) is 24.3 Å². The standard InChI is InChI=1S/C13H11N5O/c19-13(15-7-12-16-8-17-18-12)10-3-4-11-9(6-10)2-1-5-14-11/h1-6,8H,7H2,(H,15,19)(H,16,17,18). The van der Waals surface area contributed by atoms with Crippen LogP contribution >= 0.6 is 0 Å². The molecule has 6 heteroatoms. The highest BCUT2D eigenvalue weighted by Crippen LogP contribution is 2.13. The van der Waals surface area contributed by atoms with Crippen molar-refractivity contribution in [3.8, 4) is 0 Å². The Bertz CT molecular complexity index is 708. The van der Waals surface area contributed by atoms with Crippen LogP contribution in [0.15, 0.2) is 42.9 Å². The molecule has 2 heterocycles. The molecule has 6 nitrogen and oxygen atoms in total. The van der Waals surface area contributed by atoms with Gasteiger partial charge in [0.15, 0.2) is 0 Å². The molecule has 0 fully saturated rings. The van der Waals surface area contributed by atoms with Crippen LogP contribution in [-0.4, -0.2) is 26.1 Å². The maximum atomic E-state index is 12.0. The fourth-order valence-electron chi connectivity index (χ4n) is 1.80. The van der Waals surface area contributed by atoms with Gasteiger partial charge in [-0.3, -0.25) is 14.9 Å². The molecule has 0 atom stereocenters. The van der Waals surface area contributed by atoms with E-state index in [1.165, 1.54) is 6.33 Å². The molecule has 1 aromatic carbocycles. The minimum atomic E-state index is -0.151. The highest BCUT2D eigenvalue weighted by molar-refractivity contribution is 5.97. The molecule has 0 bridgehead atoms. The first kappa shape index (κ1) is 11.3. The van der Waals surface area contributed by atoms with Crippen LogP contribution in [0.25, 0.3) is 10.9 Å². The fourth-order valence-corrected chi connectivity index (χ4v) is 1.80. The smallest absolute Gasteiger partial charge is 0.251 e. The van der Waals surface area contributed by atoms with Crippen molar-refractivity contribution in [1.29, 1.82) is 0 Å². The van der Waals surface area contributed by atoms with Gasteiger partial charge in [-0.15, -0.1) is 0 Å². The van der Waals surface area contributed by atoms with E-state index >= 15 is 0 Å². The Morgan fingerprint density at radius 2 is 2.21 bits per heavy atom. The van der Waals surface area contributed by atoms with Gasteiger partial charge in [0.1, 0.15) is 12.2 Å². The van der Waals surface area contributed by atoms with Gasteiger partial charge in [-0.05, 0) is 24.3 Å². The minimum absolute atomic E-state index is 0.151. The van der Waals surface area contributed by atoms with Crippen LogP contribution in [0.5, 0.6) is 0 Å². The lowest BCUT2D eigenvalue weighted by Gasteiger charge is -2.04. The third kappa shape index (κ3) is 2.42. The van der Waals surface area contributed by atoms with Crippen molar-refractivity contribution >= 4 is 16.8 Å². The van der Waals surface area contributed by atoms with Crippen LogP contribution in [0.3, 0.4) is 0 Å². The summed E-state index contributed by atoms with van der Waals surface area (Å²) in [4.78, 5) is 20.1. The second kappa shape index (κ2) is 4.85. The van der Waals surface area contributed by atoms with Crippen LogP contribution in [-0.2, 0) is 6.54 Å². The number of carbonyl (C=O) groups excluding carboxylic acids is 1. The van der Waals surface area contributed by atoms with Gasteiger partial charge in [-0.25, -0.2) is 4.98 Å². The van der Waals surface area contributed by atoms with E-state index < -0.39 is 0 Å². The monoisotopic (exact) mass is 253 g/mol. The number of pyridine rings is 1. The predicted molar refractivity (Wildman–Crippen MR) is 69.3 cm³/mol. The normalized spacial score (nSPS) is 10.5. The molecule has 0 aliphatic rings. The van der Waals surface area contributed by atoms with E-state index in [2.05, 4.69) is 25.5 Å². The molecule has 3 rings (SSSR count). The average Bonchev–Trinajstić information content (AvgIpc) is 2.97. The van der Waals surface area contributed by atoms with Gasteiger partial charge in [-0.2, -0.15) is 5.10 Å². The highest BCUT2D eigenvalue weighted by atomic mass is 16.1. The Labute approximate surface area is 108 Å². The first-order valence-corrected chi connectivity index (χ1v) is 5.80. The molecule has 1 amide bonds. The number of H-pyrrole nitrogens is 1. The molecule has 0 saturated carbocycles. The van der Waals surface area contributed by atoms with Gasteiger partial charge in [0.25, 0.3) is 5.91 Å². The first-order valence-electron chi connectivity index (χ1n) is 5.80. The summed E-state index contributed by atoms with van der Waals surface area (Å²) in [5.41, 5.74) is 1.47. The van der Waals surface area contributed by atoms with Gasteiger partial charge in [0.05, 0.1) is 12.1 Å². The lowest BCUT2D eigenvalue weighted by Crippen LogP contribution is -2.23. The zero-order valence-electron chi connectivity index (χ0n) is 10.00. The second-order valence-corrected chi connectivity index (χ2v) is 4.03. The summed E-state index contributed by atoms with van der Waals surface area (Å²) in [5, 5.41) is 10.1. The summed E-state index contributed by atoms with van der Waals surface area (Å²) in [7, 11) is 0. The number of benzene rings is 1. The molecule has 19 heavy (non-hydrogen) atoms. The van der Waals surface area contributed by atoms with Gasteiger partial charge in [-0.1, -0.05) is 6.07 Å². The zero-order valence-corrected chi connectivity index (χ0v) is 10.00. The summed E-state index contributed by atoms with van der Waals surface area (Å²) in [6.45, 7) is 0.323. The summed E-state index contributed by atoms with van der Waals surface area (Å²) >= 11 is 0. The number of nitrogens with zero attached hydrogens (tertiary/aromatic N) is 3. The predicted octanol–water partition coefficient (Wildman–Crippen LogP) is 1.28. The summed E-state index contributed by atoms with van der Waals surface area (Å²) in [6, 6.07) is 9.18. The van der Waals surface area contributed by atoms with Crippen molar-refractivity contribution in [2.75, 3.05) is 0 Å². The van der Waals surface area contributed by atoms with E-state index in [0.29, 0.717) is 17.9 Å². The van der Waals surface area contributed by atoms with Gasteiger partial charge in [0.2, 0.25) is 0 Å². The SMILES string of the molecule is O=C(NCc1ncn[nH]1)c1ccc2ncccc2c1. The van der Waals surface area contributed by atoms with Crippen LogP contribution in [0.4, 0.5) is 0 Å². The summed E-state index contributed by atoms with van der Waals surface area (Å²) in [5.74, 6) is 0.470. The molecule has 0 saturated heterocycles. The second-order valence-electron chi connectivity index (χ2n) is 4.03. The fraction of sp³-hybridized carbons (Fsp3) is 0.0769. The quantitative estimate of drug-likeness (QED) is 0.736. The van der Waals surface area contributed by atoms with Crippen molar-refractivity contribution in [1.82, 2.24) is 25.5 Å². The van der Waals surface area contributed by atoms with Crippen molar-refractivity contribution in [2.24, 2.45) is 0 Å². The van der Waals surface area contributed by atoms with E-state index in [4.69, 9.17) is 0 Å². The number of fused-ring (bicyclic) bond motifs is 1. The molecule has 2 aromatic heterocycles. The lowest BCUT2D eigenvalue weighted by atomic mass is 10.1. The van der Waals surface area contributed by atoms with E-state index in [-0.39, 0.29) is 5.91 Å². The zero-order chi connectivity index (χ0) is 13.1. The van der Waals surface area contributed by atoms with Gasteiger partial charge < -0.3 is 5.32 Å². The third-order valence-electron chi connectivity index (χ3n) is 2.75. The highest BCUT2D eigenvalue weighted by Gasteiger charge is 2.07. The minimum Gasteiger partial charge on any atom is -0.345 e. The molecule has 0 spiro atoms. The largest absolute Gasteiger partial charge is 0.345 e. The Morgan fingerprint density at radius 1 is 1.26 bits per heavy atom. The van der Waals surface area contributed by atoms with Crippen molar-refractivity contribution < 1.29 is 4.79 Å². The number of aromatic nitrogens is 4. The Hall–Kier alpha value is -2.76. The Kier molecular flexibility index (Phi) is 2.89. The topological polar surface area (TPSA) is 83.6 Å². The van der Waals surface area contributed by atoms with Gasteiger partial charge >= 0.3 is 0 Å². The lowest BCUT2D eigenvalue weighted by molar-refractivity contribution is 0.0950. The van der Waals surface area contributed by atoms with Crippen LogP contribution < -0.4 is 5.32 Å². The molecular weight excluding hydrogens is 242 g/mol. The van der Waals surface area contributed by atoms with Crippen LogP contribution in [0.1, 0.15) is 16.2 Å². The molecule has 0 aliphatic heterocycles. The average molecular weight is 253 g/mol. The number of hydrogen-bond acceptors (Lipinski definition) is 4. The van der Waals surface area contributed by atoms with Crippen molar-refractivity contribution in [3.63, 3.8) is 0 Å². The van der Waals surface area contributed by atoms with Crippen molar-refractivity contribution in [2.45, 2.75) is 6.54 Å². The van der Waals surface area contributed by atoms with E-state index in [0.717, 1.165) is 10.9 Å². The molecule has 0 radical (unpaired) electrons. The number of carbonyl (C=O) groups is 1. The molecular formula is C13H11N5O. The number of hydrogen-bond donors (Lipinski definition) is 2. The van der Waals surface area contributed by atoms with E-state index in [1.54, 1.807) is 12.3 Å². The van der Waals surface area contributed by atoms with Crippen LogP contribution in [0, 0.1) is 0 Å². The number of nitrogens with one attached hydrogen (secondary N) is 2. The molecule has 94 valence electrons. The first-order chi connectivity index (χ1) is 9.33. The number of rotatable bonds is 3. The maximum Gasteiger partial charge on any atom is 0.251 e. The molecule has 0 aliphatic carbocycles. The molecule has 0 unspecified atom stereocenters. The van der Waals surface area contributed by atoms with Gasteiger partial charge in [0, 0.05) is 17.1 Å². The Balaban J connectivity index is 1.77. The number of aromatic amines is 1. The molecule has 2 N–H and O–H groups in total.